The molecule has 0 bridgehead atoms. The minimum Gasteiger partial charge on any atom is -0.497 e. The third-order valence-electron chi connectivity index (χ3n) is 4.89. The number of pyridine rings is 1. The van der Waals surface area contributed by atoms with Gasteiger partial charge in [-0.15, -0.1) is 0 Å². The summed E-state index contributed by atoms with van der Waals surface area (Å²) in [6, 6.07) is 16.2. The molecule has 9 heteroatoms. The molecular weight excluding hydrogens is 420 g/mol. The van der Waals surface area contributed by atoms with Crippen molar-refractivity contribution >= 4 is 23.2 Å². The number of hydrogen-bond acceptors (Lipinski definition) is 5. The van der Waals surface area contributed by atoms with Gasteiger partial charge in [0.25, 0.3) is 0 Å². The number of amides is 2. The van der Waals surface area contributed by atoms with Gasteiger partial charge in [0.05, 0.1) is 25.9 Å². The first kappa shape index (κ1) is 21.4. The number of hydrogen-bond donors (Lipinski definition) is 0. The summed E-state index contributed by atoms with van der Waals surface area (Å²) >= 11 is 0. The standard InChI is InChI=1S/C23H21F2N3O4/c1-3-31-20-13-4-15-14-27(16-5-9-18(30-2)10-6-16)23(29)28(21(15)26-20)17-7-11-19(12-8-17)32-22(24)25/h4-13,22H,3,14H2,1-2H3. The summed E-state index contributed by atoms with van der Waals surface area (Å²) in [5.74, 6) is 1.48. The molecule has 1 aliphatic heterocycles. The molecular formula is C23H21F2N3O4. The zero-order valence-corrected chi connectivity index (χ0v) is 17.5. The van der Waals surface area contributed by atoms with Crippen LogP contribution in [-0.4, -0.2) is 31.3 Å². The van der Waals surface area contributed by atoms with Gasteiger partial charge in [-0.25, -0.2) is 9.69 Å². The number of fused-ring (bicyclic) bond motifs is 1. The quantitative estimate of drug-likeness (QED) is 0.493. The number of halogens is 2. The minimum absolute atomic E-state index is 0.00327. The molecule has 7 nitrogen and oxygen atoms in total. The summed E-state index contributed by atoms with van der Waals surface area (Å²) in [4.78, 5) is 21.1. The molecule has 3 aromatic rings. The lowest BCUT2D eigenvalue weighted by Crippen LogP contribution is -2.45. The fourth-order valence-corrected chi connectivity index (χ4v) is 3.43. The van der Waals surface area contributed by atoms with Gasteiger partial charge in [-0.3, -0.25) is 4.90 Å². The first-order valence-corrected chi connectivity index (χ1v) is 9.93. The Kier molecular flexibility index (Phi) is 6.07. The highest BCUT2D eigenvalue weighted by atomic mass is 19.3. The van der Waals surface area contributed by atoms with Crippen molar-refractivity contribution in [3.05, 3.63) is 66.2 Å². The van der Waals surface area contributed by atoms with Crippen LogP contribution in [0.1, 0.15) is 12.5 Å². The van der Waals surface area contributed by atoms with Crippen LogP contribution in [0.2, 0.25) is 0 Å². The van der Waals surface area contributed by atoms with E-state index in [0.29, 0.717) is 42.0 Å². The van der Waals surface area contributed by atoms with E-state index in [2.05, 4.69) is 9.72 Å². The van der Waals surface area contributed by atoms with Gasteiger partial charge in [0, 0.05) is 17.3 Å². The Morgan fingerprint density at radius 3 is 2.25 bits per heavy atom. The second kappa shape index (κ2) is 9.09. The fourth-order valence-electron chi connectivity index (χ4n) is 3.43. The van der Waals surface area contributed by atoms with Crippen LogP contribution in [0, 0.1) is 0 Å². The van der Waals surface area contributed by atoms with Crippen molar-refractivity contribution in [3.8, 4) is 17.4 Å². The molecule has 166 valence electrons. The molecule has 0 radical (unpaired) electrons. The van der Waals surface area contributed by atoms with Crippen molar-refractivity contribution in [1.82, 2.24) is 4.98 Å². The molecule has 0 aliphatic carbocycles. The second-order valence-electron chi connectivity index (χ2n) is 6.84. The maximum atomic E-state index is 13.6. The van der Waals surface area contributed by atoms with Crippen LogP contribution in [0.25, 0.3) is 0 Å². The SMILES string of the molecule is CCOc1ccc2c(n1)N(c1ccc(OC(F)F)cc1)C(=O)N(c1ccc(OC)cc1)C2. The number of rotatable bonds is 7. The van der Waals surface area contributed by atoms with Crippen molar-refractivity contribution in [2.24, 2.45) is 0 Å². The first-order valence-electron chi connectivity index (χ1n) is 9.93. The number of aromatic nitrogens is 1. The number of benzene rings is 2. The van der Waals surface area contributed by atoms with E-state index in [0.717, 1.165) is 5.56 Å². The number of ether oxygens (including phenoxy) is 3. The molecule has 1 aromatic heterocycles. The van der Waals surface area contributed by atoms with Crippen molar-refractivity contribution < 1.29 is 27.8 Å². The van der Waals surface area contributed by atoms with Gasteiger partial charge in [0.1, 0.15) is 17.3 Å². The number of nitrogens with zero attached hydrogens (tertiary/aromatic N) is 3. The summed E-state index contributed by atoms with van der Waals surface area (Å²) in [6.07, 6.45) is 0. The molecule has 0 fully saturated rings. The minimum atomic E-state index is -2.93. The van der Waals surface area contributed by atoms with E-state index in [-0.39, 0.29) is 11.8 Å². The molecule has 4 rings (SSSR count). The molecule has 0 saturated heterocycles. The smallest absolute Gasteiger partial charge is 0.387 e. The lowest BCUT2D eigenvalue weighted by molar-refractivity contribution is -0.0498. The molecule has 0 spiro atoms. The third kappa shape index (κ3) is 4.27. The summed E-state index contributed by atoms with van der Waals surface area (Å²) in [7, 11) is 1.57. The van der Waals surface area contributed by atoms with Crippen LogP contribution in [0.3, 0.4) is 0 Å². The Morgan fingerprint density at radius 1 is 0.969 bits per heavy atom. The Labute approximate surface area is 183 Å². The molecule has 2 aromatic carbocycles. The highest BCUT2D eigenvalue weighted by Gasteiger charge is 2.34. The monoisotopic (exact) mass is 441 g/mol. The topological polar surface area (TPSA) is 64.1 Å². The average molecular weight is 441 g/mol. The van der Waals surface area contributed by atoms with Crippen molar-refractivity contribution in [3.63, 3.8) is 0 Å². The Balaban J connectivity index is 1.76. The lowest BCUT2D eigenvalue weighted by atomic mass is 10.1. The van der Waals surface area contributed by atoms with Crippen LogP contribution >= 0.6 is 0 Å². The van der Waals surface area contributed by atoms with Crippen molar-refractivity contribution in [2.75, 3.05) is 23.5 Å². The molecule has 2 heterocycles. The Bertz CT molecular complexity index is 1090. The molecule has 32 heavy (non-hydrogen) atoms. The van der Waals surface area contributed by atoms with E-state index in [9.17, 15) is 13.6 Å². The normalized spacial score (nSPS) is 13.2. The van der Waals surface area contributed by atoms with E-state index < -0.39 is 6.61 Å². The number of alkyl halides is 2. The maximum Gasteiger partial charge on any atom is 0.387 e. The molecule has 0 saturated carbocycles. The Morgan fingerprint density at radius 2 is 1.62 bits per heavy atom. The van der Waals surface area contributed by atoms with E-state index in [1.807, 2.05) is 13.0 Å². The first-order chi connectivity index (χ1) is 15.5. The van der Waals surface area contributed by atoms with E-state index in [1.54, 1.807) is 42.3 Å². The van der Waals surface area contributed by atoms with Gasteiger partial charge in [-0.2, -0.15) is 13.8 Å². The van der Waals surface area contributed by atoms with Gasteiger partial charge in [-0.05, 0) is 61.5 Å². The summed E-state index contributed by atoms with van der Waals surface area (Å²) in [6.45, 7) is -0.350. The molecule has 0 N–H and O–H groups in total. The van der Waals surface area contributed by atoms with Gasteiger partial charge < -0.3 is 14.2 Å². The molecule has 0 atom stereocenters. The number of urea groups is 1. The zero-order chi connectivity index (χ0) is 22.7. The van der Waals surface area contributed by atoms with Crippen LogP contribution in [0.5, 0.6) is 17.4 Å². The highest BCUT2D eigenvalue weighted by Crippen LogP contribution is 2.37. The second-order valence-corrected chi connectivity index (χ2v) is 6.84. The van der Waals surface area contributed by atoms with E-state index >= 15 is 0 Å². The number of carbonyl (C=O) groups is 1. The van der Waals surface area contributed by atoms with Crippen LogP contribution in [-0.2, 0) is 6.54 Å². The van der Waals surface area contributed by atoms with Crippen LogP contribution in [0.15, 0.2) is 60.7 Å². The molecule has 0 unspecified atom stereocenters. The third-order valence-corrected chi connectivity index (χ3v) is 4.89. The van der Waals surface area contributed by atoms with E-state index in [4.69, 9.17) is 9.47 Å². The predicted molar refractivity (Wildman–Crippen MR) is 115 cm³/mol. The van der Waals surface area contributed by atoms with Crippen molar-refractivity contribution in [2.45, 2.75) is 20.1 Å². The van der Waals surface area contributed by atoms with Crippen LogP contribution < -0.4 is 24.0 Å². The Hall–Kier alpha value is -3.88. The number of carbonyl (C=O) groups excluding carboxylic acids is 1. The summed E-state index contributed by atoms with van der Waals surface area (Å²) < 4.78 is 40.2. The van der Waals surface area contributed by atoms with Crippen molar-refractivity contribution in [1.29, 1.82) is 0 Å². The number of methoxy groups -OCH3 is 1. The summed E-state index contributed by atoms with van der Waals surface area (Å²) in [5.41, 5.74) is 1.94. The van der Waals surface area contributed by atoms with Gasteiger partial charge in [-0.1, -0.05) is 0 Å². The fraction of sp³-hybridized carbons (Fsp3) is 0.217. The highest BCUT2D eigenvalue weighted by molar-refractivity contribution is 6.10. The largest absolute Gasteiger partial charge is 0.497 e. The van der Waals surface area contributed by atoms with Crippen LogP contribution in [0.4, 0.5) is 30.8 Å². The van der Waals surface area contributed by atoms with E-state index in [1.165, 1.54) is 29.2 Å². The average Bonchev–Trinajstić information content (AvgIpc) is 2.79. The molecule has 1 aliphatic rings. The molecule has 2 amide bonds. The van der Waals surface area contributed by atoms with Gasteiger partial charge >= 0.3 is 12.6 Å². The number of anilines is 3. The zero-order valence-electron chi connectivity index (χ0n) is 17.5. The van der Waals surface area contributed by atoms with Gasteiger partial charge in [0.2, 0.25) is 5.88 Å². The summed E-state index contributed by atoms with van der Waals surface area (Å²) in [5, 5.41) is 0. The lowest BCUT2D eigenvalue weighted by Gasteiger charge is -2.36. The predicted octanol–water partition coefficient (Wildman–Crippen LogP) is 5.37. The maximum absolute atomic E-state index is 13.6. The van der Waals surface area contributed by atoms with Gasteiger partial charge in [0.15, 0.2) is 0 Å².